The summed E-state index contributed by atoms with van der Waals surface area (Å²) < 4.78 is 4.35. The maximum atomic E-state index is 11.7. The molecule has 1 rings (SSSR count). The van der Waals surface area contributed by atoms with Gasteiger partial charge in [0.2, 0.25) is 0 Å². The highest BCUT2D eigenvalue weighted by Crippen LogP contribution is 2.24. The number of amides is 2. The van der Waals surface area contributed by atoms with Crippen LogP contribution in [0.15, 0.2) is 6.07 Å². The summed E-state index contributed by atoms with van der Waals surface area (Å²) >= 11 is 1.35. The van der Waals surface area contributed by atoms with Gasteiger partial charge in [-0.3, -0.25) is 5.32 Å². The molecule has 0 bridgehead atoms. The zero-order valence-corrected chi connectivity index (χ0v) is 11.8. The zero-order chi connectivity index (χ0) is 12.8. The normalized spacial score (nSPS) is 12.2. The average Bonchev–Trinajstić information content (AvgIpc) is 2.76. The molecule has 1 aromatic rings. The molecule has 0 aromatic carbocycles. The van der Waals surface area contributed by atoms with E-state index in [9.17, 15) is 4.79 Å². The third-order valence-electron chi connectivity index (χ3n) is 2.78. The van der Waals surface area contributed by atoms with E-state index in [1.165, 1.54) is 11.5 Å². The van der Waals surface area contributed by atoms with Crippen molar-refractivity contribution in [3.63, 3.8) is 0 Å². The molecule has 1 heterocycles. The maximum Gasteiger partial charge on any atom is 0.322 e. The van der Waals surface area contributed by atoms with Crippen molar-refractivity contribution in [2.75, 3.05) is 18.9 Å². The molecule has 0 spiro atoms. The Morgan fingerprint density at radius 3 is 2.88 bits per heavy atom. The van der Waals surface area contributed by atoms with Gasteiger partial charge in [0, 0.05) is 13.6 Å². The highest BCUT2D eigenvalue weighted by Gasteiger charge is 2.12. The van der Waals surface area contributed by atoms with E-state index >= 15 is 0 Å². The van der Waals surface area contributed by atoms with Crippen molar-refractivity contribution in [3.8, 4) is 0 Å². The van der Waals surface area contributed by atoms with E-state index in [1.807, 2.05) is 6.07 Å². The summed E-state index contributed by atoms with van der Waals surface area (Å²) in [4.78, 5) is 13.4. The fourth-order valence-corrected chi connectivity index (χ4v) is 2.17. The summed E-state index contributed by atoms with van der Waals surface area (Å²) in [6, 6.07) is 1.91. The summed E-state index contributed by atoms with van der Waals surface area (Å²) in [6.45, 7) is 7.10. The second-order valence-electron chi connectivity index (χ2n) is 4.28. The molecule has 1 atom stereocenters. The van der Waals surface area contributed by atoms with Gasteiger partial charge in [-0.25, -0.2) is 4.79 Å². The minimum atomic E-state index is -0.0637. The Balaban J connectivity index is 2.57. The molecular weight excluding hydrogens is 234 g/mol. The number of urea groups is 1. The fraction of sp³-hybridized carbons (Fsp3) is 0.667. The molecule has 0 aliphatic carbocycles. The molecule has 1 N–H and O–H groups in total. The van der Waals surface area contributed by atoms with E-state index in [4.69, 9.17) is 0 Å². The first-order valence-corrected chi connectivity index (χ1v) is 6.84. The molecule has 0 saturated heterocycles. The molecule has 0 saturated carbocycles. The summed E-state index contributed by atoms with van der Waals surface area (Å²) in [5.41, 5.74) is 1.06. The largest absolute Gasteiger partial charge is 0.328 e. The number of hydrogen-bond donors (Lipinski definition) is 1. The van der Waals surface area contributed by atoms with Gasteiger partial charge < -0.3 is 4.90 Å². The van der Waals surface area contributed by atoms with Gasteiger partial charge in [0.15, 0.2) is 0 Å². The van der Waals surface area contributed by atoms with Crippen molar-refractivity contribution >= 4 is 22.6 Å². The lowest BCUT2D eigenvalue weighted by molar-refractivity contribution is 0.222. The topological polar surface area (TPSA) is 45.2 Å². The predicted molar refractivity (Wildman–Crippen MR) is 72.8 cm³/mol. The highest BCUT2D eigenvalue weighted by atomic mass is 32.1. The lowest BCUT2D eigenvalue weighted by Gasteiger charge is -2.15. The monoisotopic (exact) mass is 255 g/mol. The van der Waals surface area contributed by atoms with Gasteiger partial charge in [-0.05, 0) is 36.4 Å². The predicted octanol–water partition coefficient (Wildman–Crippen LogP) is 3.53. The van der Waals surface area contributed by atoms with Crippen LogP contribution in [0.1, 0.15) is 45.2 Å². The van der Waals surface area contributed by atoms with E-state index in [2.05, 4.69) is 30.5 Å². The Morgan fingerprint density at radius 1 is 1.59 bits per heavy atom. The Hall–Kier alpha value is -1.10. The van der Waals surface area contributed by atoms with E-state index in [0.717, 1.165) is 30.1 Å². The second-order valence-corrected chi connectivity index (χ2v) is 5.08. The summed E-state index contributed by atoms with van der Waals surface area (Å²) in [7, 11) is 1.80. The van der Waals surface area contributed by atoms with Crippen LogP contribution in [0.2, 0.25) is 0 Å². The van der Waals surface area contributed by atoms with Crippen molar-refractivity contribution in [2.45, 2.75) is 39.5 Å². The molecule has 17 heavy (non-hydrogen) atoms. The Labute approximate surface area is 107 Å². The second kappa shape index (κ2) is 6.59. The summed E-state index contributed by atoms with van der Waals surface area (Å²) in [5, 5.41) is 3.70. The Morgan fingerprint density at radius 2 is 2.29 bits per heavy atom. The van der Waals surface area contributed by atoms with Gasteiger partial charge in [-0.15, -0.1) is 0 Å². The average molecular weight is 255 g/mol. The number of carbonyl (C=O) groups is 1. The first-order chi connectivity index (χ1) is 8.08. The molecule has 0 aliphatic rings. The number of hydrogen-bond acceptors (Lipinski definition) is 3. The van der Waals surface area contributed by atoms with Crippen molar-refractivity contribution < 1.29 is 4.79 Å². The van der Waals surface area contributed by atoms with Gasteiger partial charge in [-0.2, -0.15) is 4.37 Å². The quantitative estimate of drug-likeness (QED) is 0.874. The number of rotatable bonds is 5. The summed E-state index contributed by atoms with van der Waals surface area (Å²) in [5.74, 6) is 0.449. The molecule has 1 aromatic heterocycles. The van der Waals surface area contributed by atoms with Crippen molar-refractivity contribution in [1.29, 1.82) is 0 Å². The molecule has 2 amide bonds. The van der Waals surface area contributed by atoms with Crippen molar-refractivity contribution in [3.05, 3.63) is 11.8 Å². The summed E-state index contributed by atoms with van der Waals surface area (Å²) in [6.07, 6.45) is 2.03. The first kappa shape index (κ1) is 14.0. The van der Waals surface area contributed by atoms with Crippen LogP contribution in [0.5, 0.6) is 0 Å². The molecule has 0 aliphatic heterocycles. The minimum absolute atomic E-state index is 0.0637. The van der Waals surface area contributed by atoms with Crippen LogP contribution in [-0.4, -0.2) is 28.9 Å². The smallest absolute Gasteiger partial charge is 0.322 e. The van der Waals surface area contributed by atoms with Crippen LogP contribution in [0.25, 0.3) is 0 Å². The van der Waals surface area contributed by atoms with Crippen LogP contribution in [0.4, 0.5) is 9.80 Å². The lowest BCUT2D eigenvalue weighted by atomic mass is 10.1. The Kier molecular flexibility index (Phi) is 5.41. The molecule has 0 radical (unpaired) electrons. The molecular formula is C12H21N3OS. The van der Waals surface area contributed by atoms with Crippen LogP contribution in [0, 0.1) is 0 Å². The number of nitrogens with one attached hydrogen (secondary N) is 1. The number of anilines is 1. The van der Waals surface area contributed by atoms with Gasteiger partial charge in [0.1, 0.15) is 5.00 Å². The van der Waals surface area contributed by atoms with Gasteiger partial charge in [0.05, 0.1) is 5.69 Å². The van der Waals surface area contributed by atoms with E-state index in [1.54, 1.807) is 11.9 Å². The van der Waals surface area contributed by atoms with E-state index in [0.29, 0.717) is 5.92 Å². The third-order valence-corrected chi connectivity index (χ3v) is 3.50. The maximum absolute atomic E-state index is 11.7. The standard InChI is InChI=1S/C12H21N3OS/c1-5-7-15(4)12(16)13-11-8-10(14-17-11)9(3)6-2/h8-9H,5-7H2,1-4H3,(H,13,16). The lowest BCUT2D eigenvalue weighted by Crippen LogP contribution is -2.31. The Bertz CT molecular complexity index is 364. The number of nitrogens with zero attached hydrogens (tertiary/aromatic N) is 2. The number of aromatic nitrogens is 1. The van der Waals surface area contributed by atoms with Crippen LogP contribution < -0.4 is 5.32 Å². The van der Waals surface area contributed by atoms with E-state index in [-0.39, 0.29) is 6.03 Å². The minimum Gasteiger partial charge on any atom is -0.328 e. The molecule has 1 unspecified atom stereocenters. The molecule has 96 valence electrons. The zero-order valence-electron chi connectivity index (χ0n) is 11.0. The fourth-order valence-electron chi connectivity index (χ4n) is 1.43. The van der Waals surface area contributed by atoms with Crippen LogP contribution in [-0.2, 0) is 0 Å². The van der Waals surface area contributed by atoms with Crippen molar-refractivity contribution in [1.82, 2.24) is 9.27 Å². The van der Waals surface area contributed by atoms with Gasteiger partial charge >= 0.3 is 6.03 Å². The first-order valence-electron chi connectivity index (χ1n) is 6.07. The van der Waals surface area contributed by atoms with Crippen molar-refractivity contribution in [2.24, 2.45) is 0 Å². The molecule has 5 heteroatoms. The highest BCUT2D eigenvalue weighted by molar-refractivity contribution is 7.10. The SMILES string of the molecule is CCCN(C)C(=O)Nc1cc(C(C)CC)ns1. The van der Waals surface area contributed by atoms with Crippen LogP contribution >= 0.6 is 11.5 Å². The van der Waals surface area contributed by atoms with Gasteiger partial charge in [0.25, 0.3) is 0 Å². The van der Waals surface area contributed by atoms with Crippen LogP contribution in [0.3, 0.4) is 0 Å². The molecule has 4 nitrogen and oxygen atoms in total. The van der Waals surface area contributed by atoms with E-state index < -0.39 is 0 Å². The molecule has 0 fully saturated rings. The van der Waals surface area contributed by atoms with Gasteiger partial charge in [-0.1, -0.05) is 20.8 Å². The number of carbonyl (C=O) groups excluding carboxylic acids is 1. The third kappa shape index (κ3) is 4.00.